The first kappa shape index (κ1) is 13.6. The van der Waals surface area contributed by atoms with Crippen LogP contribution >= 0.6 is 0 Å². The molecule has 2 aromatic rings. The smallest absolute Gasteiger partial charge is 0.341 e. The van der Waals surface area contributed by atoms with Gasteiger partial charge in [0.15, 0.2) is 0 Å². The van der Waals surface area contributed by atoms with Crippen LogP contribution in [0.1, 0.15) is 34.8 Å². The summed E-state index contributed by atoms with van der Waals surface area (Å²) in [5, 5.41) is 9.06. The molecule has 1 heterocycles. The van der Waals surface area contributed by atoms with Crippen LogP contribution in [0, 0.1) is 0 Å². The molecule has 0 fully saturated rings. The summed E-state index contributed by atoms with van der Waals surface area (Å²) in [6, 6.07) is 9.40. The molecule has 0 unspecified atom stereocenters. The van der Waals surface area contributed by atoms with E-state index in [9.17, 15) is 9.59 Å². The molecule has 0 bridgehead atoms. The molecule has 4 heteroatoms. The number of hydrogen-bond acceptors (Lipinski definition) is 2. The van der Waals surface area contributed by atoms with E-state index in [2.05, 4.69) is 12.1 Å². The third-order valence-electron chi connectivity index (χ3n) is 4.12. The second-order valence-corrected chi connectivity index (χ2v) is 5.32. The standard InChI is InChI=1S/C17H17NO3/c1-2-18-15(9-8-14(16(18)19)17(20)21)13-7-6-11-4-3-5-12(11)10-13/h6-10H,2-5H2,1H3,(H,20,21). The number of aromatic carboxylic acids is 1. The minimum atomic E-state index is -1.18. The maximum absolute atomic E-state index is 12.3. The lowest BCUT2D eigenvalue weighted by Crippen LogP contribution is -2.26. The lowest BCUT2D eigenvalue weighted by Gasteiger charge is -2.13. The summed E-state index contributed by atoms with van der Waals surface area (Å²) in [5.41, 5.74) is 3.86. The van der Waals surface area contributed by atoms with Gasteiger partial charge in [0.2, 0.25) is 0 Å². The Labute approximate surface area is 122 Å². The van der Waals surface area contributed by atoms with Gasteiger partial charge in [0.1, 0.15) is 5.56 Å². The maximum Gasteiger partial charge on any atom is 0.341 e. The van der Waals surface area contributed by atoms with Crippen LogP contribution in [-0.4, -0.2) is 15.6 Å². The second-order valence-electron chi connectivity index (χ2n) is 5.32. The number of rotatable bonds is 3. The quantitative estimate of drug-likeness (QED) is 0.942. The third-order valence-corrected chi connectivity index (χ3v) is 4.12. The van der Waals surface area contributed by atoms with Gasteiger partial charge in [-0.25, -0.2) is 4.79 Å². The summed E-state index contributed by atoms with van der Waals surface area (Å²) in [6.45, 7) is 2.30. The van der Waals surface area contributed by atoms with Crippen molar-refractivity contribution in [2.75, 3.05) is 0 Å². The molecule has 21 heavy (non-hydrogen) atoms. The Balaban J connectivity index is 2.17. The molecule has 1 aromatic carbocycles. The van der Waals surface area contributed by atoms with Gasteiger partial charge >= 0.3 is 5.97 Å². The minimum Gasteiger partial charge on any atom is -0.477 e. The number of nitrogens with zero attached hydrogens (tertiary/aromatic N) is 1. The van der Waals surface area contributed by atoms with E-state index in [-0.39, 0.29) is 5.56 Å². The largest absolute Gasteiger partial charge is 0.477 e. The maximum atomic E-state index is 12.3. The SMILES string of the molecule is CCn1c(-c2ccc3c(c2)CCC3)ccc(C(=O)O)c1=O. The van der Waals surface area contributed by atoms with Crippen LogP contribution in [-0.2, 0) is 19.4 Å². The molecule has 1 aliphatic rings. The van der Waals surface area contributed by atoms with Crippen molar-refractivity contribution in [3.8, 4) is 11.3 Å². The number of aromatic nitrogens is 1. The van der Waals surface area contributed by atoms with E-state index in [4.69, 9.17) is 5.11 Å². The average Bonchev–Trinajstić information content (AvgIpc) is 2.93. The highest BCUT2D eigenvalue weighted by Gasteiger charge is 2.16. The van der Waals surface area contributed by atoms with Gasteiger partial charge in [-0.1, -0.05) is 12.1 Å². The Hall–Kier alpha value is -2.36. The topological polar surface area (TPSA) is 59.3 Å². The molecule has 1 N–H and O–H groups in total. The van der Waals surface area contributed by atoms with Crippen LogP contribution in [0.5, 0.6) is 0 Å². The fourth-order valence-electron chi connectivity index (χ4n) is 3.04. The summed E-state index contributed by atoms with van der Waals surface area (Å²) in [6.07, 6.45) is 3.37. The Kier molecular flexibility index (Phi) is 3.37. The molecule has 1 aliphatic carbocycles. The summed E-state index contributed by atoms with van der Waals surface area (Å²) < 4.78 is 1.53. The fraction of sp³-hybridized carbons (Fsp3) is 0.294. The molecule has 0 saturated carbocycles. The zero-order chi connectivity index (χ0) is 15.0. The van der Waals surface area contributed by atoms with Crippen molar-refractivity contribution in [1.29, 1.82) is 0 Å². The predicted molar refractivity (Wildman–Crippen MR) is 80.8 cm³/mol. The van der Waals surface area contributed by atoms with Crippen LogP contribution in [0.4, 0.5) is 0 Å². The van der Waals surface area contributed by atoms with E-state index in [1.54, 1.807) is 6.07 Å². The predicted octanol–water partition coefficient (Wildman–Crippen LogP) is 2.72. The zero-order valence-electron chi connectivity index (χ0n) is 11.9. The van der Waals surface area contributed by atoms with E-state index in [1.165, 1.54) is 28.2 Å². The zero-order valence-corrected chi connectivity index (χ0v) is 11.9. The monoisotopic (exact) mass is 283 g/mol. The molecule has 108 valence electrons. The van der Waals surface area contributed by atoms with E-state index in [1.807, 2.05) is 13.0 Å². The van der Waals surface area contributed by atoms with Crippen LogP contribution in [0.3, 0.4) is 0 Å². The molecular formula is C17H17NO3. The molecule has 0 aliphatic heterocycles. The van der Waals surface area contributed by atoms with E-state index in [0.29, 0.717) is 6.54 Å². The number of aryl methyl sites for hydroxylation is 2. The van der Waals surface area contributed by atoms with Gasteiger partial charge in [-0.2, -0.15) is 0 Å². The van der Waals surface area contributed by atoms with Crippen LogP contribution in [0.25, 0.3) is 11.3 Å². The second kappa shape index (κ2) is 5.20. The molecule has 0 amide bonds. The number of benzene rings is 1. The van der Waals surface area contributed by atoms with Gasteiger partial charge in [-0.15, -0.1) is 0 Å². The van der Waals surface area contributed by atoms with Crippen molar-refractivity contribution in [3.05, 3.63) is 57.4 Å². The first-order valence-electron chi connectivity index (χ1n) is 7.21. The minimum absolute atomic E-state index is 0.179. The highest BCUT2D eigenvalue weighted by atomic mass is 16.4. The first-order chi connectivity index (χ1) is 10.1. The number of carboxylic acid groups (broad SMARTS) is 1. The number of fused-ring (bicyclic) bond motifs is 1. The number of hydrogen-bond donors (Lipinski definition) is 1. The molecule has 3 rings (SSSR count). The van der Waals surface area contributed by atoms with Gasteiger partial charge in [-0.05, 0) is 61.1 Å². The van der Waals surface area contributed by atoms with Gasteiger partial charge in [0.25, 0.3) is 5.56 Å². The Morgan fingerprint density at radius 1 is 1.19 bits per heavy atom. The van der Waals surface area contributed by atoms with E-state index >= 15 is 0 Å². The third kappa shape index (κ3) is 2.27. The highest BCUT2D eigenvalue weighted by molar-refractivity contribution is 5.87. The van der Waals surface area contributed by atoms with Crippen molar-refractivity contribution < 1.29 is 9.90 Å². The van der Waals surface area contributed by atoms with Gasteiger partial charge in [-0.3, -0.25) is 4.79 Å². The number of pyridine rings is 1. The summed E-state index contributed by atoms with van der Waals surface area (Å²) in [4.78, 5) is 23.3. The Morgan fingerprint density at radius 3 is 2.67 bits per heavy atom. The van der Waals surface area contributed by atoms with Crippen molar-refractivity contribution in [2.45, 2.75) is 32.7 Å². The number of carbonyl (C=O) groups is 1. The molecule has 0 spiro atoms. The molecule has 1 aromatic heterocycles. The Morgan fingerprint density at radius 2 is 1.95 bits per heavy atom. The number of carboxylic acids is 1. The van der Waals surface area contributed by atoms with Crippen molar-refractivity contribution >= 4 is 5.97 Å². The molecule has 4 nitrogen and oxygen atoms in total. The molecule has 0 radical (unpaired) electrons. The highest BCUT2D eigenvalue weighted by Crippen LogP contribution is 2.27. The summed E-state index contributed by atoms with van der Waals surface area (Å²) >= 11 is 0. The normalized spacial score (nSPS) is 13.2. The van der Waals surface area contributed by atoms with Gasteiger partial charge in [0, 0.05) is 6.54 Å². The van der Waals surface area contributed by atoms with E-state index in [0.717, 1.165) is 24.1 Å². The van der Waals surface area contributed by atoms with Crippen molar-refractivity contribution in [3.63, 3.8) is 0 Å². The van der Waals surface area contributed by atoms with E-state index < -0.39 is 11.5 Å². The van der Waals surface area contributed by atoms with Crippen molar-refractivity contribution in [2.24, 2.45) is 0 Å². The van der Waals surface area contributed by atoms with Crippen molar-refractivity contribution in [1.82, 2.24) is 4.57 Å². The lowest BCUT2D eigenvalue weighted by molar-refractivity contribution is 0.0694. The van der Waals surface area contributed by atoms with Crippen LogP contribution in [0.2, 0.25) is 0 Å². The molecule has 0 saturated heterocycles. The van der Waals surface area contributed by atoms with Gasteiger partial charge < -0.3 is 9.67 Å². The molecular weight excluding hydrogens is 266 g/mol. The lowest BCUT2D eigenvalue weighted by atomic mass is 10.0. The average molecular weight is 283 g/mol. The Bertz CT molecular complexity index is 774. The fourth-order valence-corrected chi connectivity index (χ4v) is 3.04. The first-order valence-corrected chi connectivity index (χ1v) is 7.21. The van der Waals surface area contributed by atoms with Crippen LogP contribution < -0.4 is 5.56 Å². The van der Waals surface area contributed by atoms with Crippen LogP contribution in [0.15, 0.2) is 35.1 Å². The van der Waals surface area contributed by atoms with Gasteiger partial charge in [0.05, 0.1) is 5.69 Å². The molecule has 0 atom stereocenters. The summed E-state index contributed by atoms with van der Waals surface area (Å²) in [7, 11) is 0. The summed E-state index contributed by atoms with van der Waals surface area (Å²) in [5.74, 6) is -1.18.